The highest BCUT2D eigenvalue weighted by Gasteiger charge is 2.28. The first-order chi connectivity index (χ1) is 12.2. The zero-order valence-electron chi connectivity index (χ0n) is 14.5. The number of pyridine rings is 1. The number of thioether (sulfide) groups is 1. The number of likely N-dealkylation sites (tertiary alicyclic amines) is 1. The lowest BCUT2D eigenvalue weighted by atomic mass is 9.96. The monoisotopic (exact) mass is 364 g/mol. The summed E-state index contributed by atoms with van der Waals surface area (Å²) in [5.74, 6) is 2.41. The molecule has 0 N–H and O–H groups in total. The van der Waals surface area contributed by atoms with Crippen molar-refractivity contribution in [2.75, 3.05) is 31.2 Å². The lowest BCUT2D eigenvalue weighted by Gasteiger charge is -2.30. The number of carbonyl (C=O) groups is 2. The van der Waals surface area contributed by atoms with Gasteiger partial charge in [0.25, 0.3) is 5.91 Å². The molecule has 2 aliphatic heterocycles. The van der Waals surface area contributed by atoms with E-state index in [9.17, 15) is 9.59 Å². The van der Waals surface area contributed by atoms with Gasteiger partial charge in [-0.2, -0.15) is 11.8 Å². The Bertz CT molecular complexity index is 594. The van der Waals surface area contributed by atoms with Gasteiger partial charge in [0.05, 0.1) is 18.1 Å². The maximum absolute atomic E-state index is 12.6. The largest absolute Gasteiger partial charge is 0.473 e. The lowest BCUT2D eigenvalue weighted by molar-refractivity contribution is -0.149. The highest BCUT2D eigenvalue weighted by Crippen LogP contribution is 2.23. The average molecular weight is 364 g/mol. The lowest BCUT2D eigenvalue weighted by Crippen LogP contribution is -2.40. The number of ether oxygens (including phenoxy) is 2. The summed E-state index contributed by atoms with van der Waals surface area (Å²) in [4.78, 5) is 30.4. The van der Waals surface area contributed by atoms with Gasteiger partial charge in [0.1, 0.15) is 6.10 Å². The molecule has 2 fully saturated rings. The zero-order chi connectivity index (χ0) is 17.6. The molecule has 1 atom stereocenters. The number of carbonyl (C=O) groups excluding carboxylic acids is 2. The van der Waals surface area contributed by atoms with Crippen LogP contribution >= 0.6 is 11.8 Å². The molecule has 0 aliphatic carbocycles. The molecule has 1 unspecified atom stereocenters. The van der Waals surface area contributed by atoms with Crippen molar-refractivity contribution in [1.82, 2.24) is 9.88 Å². The van der Waals surface area contributed by atoms with Gasteiger partial charge in [0, 0.05) is 31.1 Å². The van der Waals surface area contributed by atoms with E-state index in [4.69, 9.17) is 9.47 Å². The molecule has 1 aromatic rings. The molecule has 3 heterocycles. The minimum atomic E-state index is -0.150. The van der Waals surface area contributed by atoms with Crippen molar-refractivity contribution < 1.29 is 19.1 Å². The van der Waals surface area contributed by atoms with E-state index in [0.29, 0.717) is 44.0 Å². The maximum Gasteiger partial charge on any atom is 0.309 e. The fourth-order valence-electron chi connectivity index (χ4n) is 3.11. The van der Waals surface area contributed by atoms with Crippen LogP contribution in [0.15, 0.2) is 18.3 Å². The number of nitrogens with zero attached hydrogens (tertiary/aromatic N) is 2. The molecule has 0 saturated carbocycles. The minimum absolute atomic E-state index is 0.0437. The number of rotatable bonds is 5. The van der Waals surface area contributed by atoms with E-state index < -0.39 is 0 Å². The van der Waals surface area contributed by atoms with Crippen LogP contribution in [0, 0.1) is 5.92 Å². The van der Waals surface area contributed by atoms with Crippen LogP contribution in [0.3, 0.4) is 0 Å². The molecule has 3 rings (SSSR count). The molecule has 2 aliphatic rings. The van der Waals surface area contributed by atoms with Crippen LogP contribution in [0.4, 0.5) is 0 Å². The van der Waals surface area contributed by atoms with E-state index in [2.05, 4.69) is 4.98 Å². The van der Waals surface area contributed by atoms with Crippen LogP contribution in [-0.4, -0.2) is 59.1 Å². The minimum Gasteiger partial charge on any atom is -0.473 e. The predicted octanol–water partition coefficient (Wildman–Crippen LogP) is 2.38. The Morgan fingerprint density at radius 1 is 1.28 bits per heavy atom. The van der Waals surface area contributed by atoms with E-state index in [-0.39, 0.29) is 23.9 Å². The van der Waals surface area contributed by atoms with Gasteiger partial charge in [0.15, 0.2) is 0 Å². The number of esters is 1. The third-order valence-corrected chi connectivity index (χ3v) is 5.69. The van der Waals surface area contributed by atoms with E-state index in [0.717, 1.165) is 17.9 Å². The average Bonchev–Trinajstić information content (AvgIpc) is 3.15. The Balaban J connectivity index is 1.52. The summed E-state index contributed by atoms with van der Waals surface area (Å²) in [6.45, 7) is 3.35. The molecule has 136 valence electrons. The Kier molecular flexibility index (Phi) is 6.18. The van der Waals surface area contributed by atoms with Gasteiger partial charge in [-0.3, -0.25) is 9.59 Å². The van der Waals surface area contributed by atoms with E-state index in [1.807, 2.05) is 18.7 Å². The number of piperidine rings is 1. The molecule has 2 saturated heterocycles. The number of amides is 1. The van der Waals surface area contributed by atoms with Crippen LogP contribution in [0.5, 0.6) is 5.88 Å². The summed E-state index contributed by atoms with van der Waals surface area (Å²) in [6, 6.07) is 3.53. The topological polar surface area (TPSA) is 68.7 Å². The first-order valence-electron chi connectivity index (χ1n) is 8.83. The van der Waals surface area contributed by atoms with Crippen molar-refractivity contribution in [1.29, 1.82) is 0 Å². The van der Waals surface area contributed by atoms with Crippen LogP contribution < -0.4 is 4.74 Å². The summed E-state index contributed by atoms with van der Waals surface area (Å²) in [6.07, 6.45) is 4.15. The Hall–Kier alpha value is -1.76. The SMILES string of the molecule is CCOC(=O)C1CCN(C(=O)c2ccc(OC3CCSC3)nc2)CC1. The van der Waals surface area contributed by atoms with Gasteiger partial charge in [0.2, 0.25) is 5.88 Å². The van der Waals surface area contributed by atoms with Gasteiger partial charge in [-0.15, -0.1) is 0 Å². The van der Waals surface area contributed by atoms with Crippen molar-refractivity contribution in [3.63, 3.8) is 0 Å². The Labute approximate surface area is 152 Å². The van der Waals surface area contributed by atoms with Gasteiger partial charge in [-0.1, -0.05) is 0 Å². The molecule has 0 bridgehead atoms. The normalized spacial score (nSPS) is 21.2. The molecule has 0 spiro atoms. The number of hydrogen-bond acceptors (Lipinski definition) is 6. The number of aromatic nitrogens is 1. The van der Waals surface area contributed by atoms with Gasteiger partial charge in [-0.25, -0.2) is 4.98 Å². The molecule has 0 radical (unpaired) electrons. The smallest absolute Gasteiger partial charge is 0.309 e. The fraction of sp³-hybridized carbons (Fsp3) is 0.611. The first-order valence-corrected chi connectivity index (χ1v) is 9.99. The van der Waals surface area contributed by atoms with Crippen molar-refractivity contribution in [2.45, 2.75) is 32.3 Å². The van der Waals surface area contributed by atoms with E-state index in [1.54, 1.807) is 23.2 Å². The van der Waals surface area contributed by atoms with Gasteiger partial charge < -0.3 is 14.4 Å². The quantitative estimate of drug-likeness (QED) is 0.747. The summed E-state index contributed by atoms with van der Waals surface area (Å²) < 4.78 is 10.9. The van der Waals surface area contributed by atoms with Gasteiger partial charge in [-0.05, 0) is 38.0 Å². The summed E-state index contributed by atoms with van der Waals surface area (Å²) in [5.41, 5.74) is 0.558. The Morgan fingerprint density at radius 3 is 2.68 bits per heavy atom. The standard InChI is InChI=1S/C18H24N2O4S/c1-2-23-18(22)13-5-8-20(9-6-13)17(21)14-3-4-16(19-11-14)24-15-7-10-25-12-15/h3-4,11,13,15H,2,5-10,12H2,1H3. The fourth-order valence-corrected chi connectivity index (χ4v) is 4.21. The summed E-state index contributed by atoms with van der Waals surface area (Å²) in [7, 11) is 0. The number of hydrogen-bond donors (Lipinski definition) is 0. The molecule has 6 nitrogen and oxygen atoms in total. The van der Waals surface area contributed by atoms with Crippen LogP contribution in [0.2, 0.25) is 0 Å². The first kappa shape index (κ1) is 18.0. The molecule has 25 heavy (non-hydrogen) atoms. The highest BCUT2D eigenvalue weighted by atomic mass is 32.2. The predicted molar refractivity (Wildman–Crippen MR) is 95.9 cm³/mol. The molecule has 1 aromatic heterocycles. The summed E-state index contributed by atoms with van der Waals surface area (Å²) >= 11 is 1.89. The van der Waals surface area contributed by atoms with Gasteiger partial charge >= 0.3 is 5.97 Å². The van der Waals surface area contributed by atoms with Crippen LogP contribution in [0.25, 0.3) is 0 Å². The second-order valence-electron chi connectivity index (χ2n) is 6.31. The Morgan fingerprint density at radius 2 is 2.08 bits per heavy atom. The van der Waals surface area contributed by atoms with Crippen molar-refractivity contribution in [2.24, 2.45) is 5.92 Å². The van der Waals surface area contributed by atoms with Crippen molar-refractivity contribution in [3.8, 4) is 5.88 Å². The molecule has 1 amide bonds. The molecule has 0 aromatic carbocycles. The van der Waals surface area contributed by atoms with Crippen molar-refractivity contribution >= 4 is 23.6 Å². The summed E-state index contributed by atoms with van der Waals surface area (Å²) in [5, 5.41) is 0. The molecular weight excluding hydrogens is 340 g/mol. The highest BCUT2D eigenvalue weighted by molar-refractivity contribution is 7.99. The molecular formula is C18H24N2O4S. The van der Waals surface area contributed by atoms with Crippen LogP contribution in [-0.2, 0) is 9.53 Å². The molecule has 7 heteroatoms. The second kappa shape index (κ2) is 8.56. The van der Waals surface area contributed by atoms with E-state index >= 15 is 0 Å². The second-order valence-corrected chi connectivity index (χ2v) is 7.46. The third kappa shape index (κ3) is 4.66. The van der Waals surface area contributed by atoms with Crippen LogP contribution in [0.1, 0.15) is 36.5 Å². The zero-order valence-corrected chi connectivity index (χ0v) is 15.3. The van der Waals surface area contributed by atoms with E-state index in [1.165, 1.54) is 0 Å². The third-order valence-electron chi connectivity index (χ3n) is 4.56. The van der Waals surface area contributed by atoms with Crippen molar-refractivity contribution in [3.05, 3.63) is 23.9 Å². The maximum atomic E-state index is 12.6.